The van der Waals surface area contributed by atoms with Crippen molar-refractivity contribution in [2.24, 2.45) is 0 Å². The molecular weight excluding hydrogens is 322 g/mol. The molecule has 4 N–H and O–H groups in total. The monoisotopic (exact) mass is 331 g/mol. The number of benzene rings is 2. The molecule has 0 aromatic heterocycles. The van der Waals surface area contributed by atoms with E-state index in [1.165, 1.54) is 18.2 Å². The zero-order valence-electron chi connectivity index (χ0n) is 10.2. The van der Waals surface area contributed by atoms with Crippen molar-refractivity contribution in [3.8, 4) is 0 Å². The Morgan fingerprint density at radius 1 is 0.857 bits per heavy atom. The van der Waals surface area contributed by atoms with Crippen LogP contribution < -0.4 is 5.73 Å². The van der Waals surface area contributed by atoms with Gasteiger partial charge in [0, 0.05) is 27.2 Å². The zero-order valence-corrected chi connectivity index (χ0v) is 11.8. The van der Waals surface area contributed by atoms with Crippen LogP contribution in [0.25, 0.3) is 10.8 Å². The summed E-state index contributed by atoms with van der Waals surface area (Å²) in [4.78, 5) is -1.00. The Hall–Kier alpha value is -2.26. The van der Waals surface area contributed by atoms with E-state index in [1.807, 2.05) is 0 Å². The molecule has 0 fully saturated rings. The second-order valence-electron chi connectivity index (χ2n) is 3.82. The molecule has 0 aliphatic carbocycles. The number of rotatable bonds is 2. The van der Waals surface area contributed by atoms with Crippen LogP contribution in [0.5, 0.6) is 0 Å². The van der Waals surface area contributed by atoms with E-state index >= 15 is 0 Å². The number of hydrogen-bond donors (Lipinski definition) is 3. The second kappa shape index (κ2) is 5.62. The molecule has 2 aromatic carbocycles. The number of fused-ring (bicyclic) bond motifs is 1. The number of nitrogen functional groups attached to an aromatic ring is 1. The first-order valence-corrected chi connectivity index (χ1v) is 7.96. The first-order chi connectivity index (χ1) is 9.60. The predicted octanol–water partition coefficient (Wildman–Crippen LogP) is 0.946. The molecule has 9 nitrogen and oxygen atoms in total. The van der Waals surface area contributed by atoms with Gasteiger partial charge in [-0.3, -0.25) is 9.11 Å². The summed E-state index contributed by atoms with van der Waals surface area (Å²) in [5, 5.41) is 11.9. The highest BCUT2D eigenvalue weighted by atomic mass is 32.2. The Labute approximate surface area is 119 Å². The van der Waals surface area contributed by atoms with E-state index in [-0.39, 0.29) is 16.5 Å². The van der Waals surface area contributed by atoms with Crippen LogP contribution >= 0.6 is 0 Å². The lowest BCUT2D eigenvalue weighted by Crippen LogP contribution is -2.04. The Bertz CT molecular complexity index is 918. The molecule has 0 bridgehead atoms. The third-order valence-electron chi connectivity index (χ3n) is 2.50. The summed E-state index contributed by atoms with van der Waals surface area (Å²) in [5.41, 5.74) is 5.42. The van der Waals surface area contributed by atoms with E-state index in [2.05, 4.69) is 0 Å². The van der Waals surface area contributed by atoms with E-state index in [1.54, 1.807) is 0 Å². The van der Waals surface area contributed by atoms with Crippen LogP contribution in [0.2, 0.25) is 0 Å². The van der Waals surface area contributed by atoms with Crippen molar-refractivity contribution < 1.29 is 25.9 Å². The molecular formula is C10H9N3O6S2. The highest BCUT2D eigenvalue weighted by Gasteiger charge is 2.20. The van der Waals surface area contributed by atoms with Gasteiger partial charge in [0.05, 0.1) is 0 Å². The van der Waals surface area contributed by atoms with Gasteiger partial charge in [0.15, 0.2) is 0 Å². The minimum absolute atomic E-state index is 0.0492. The lowest BCUT2D eigenvalue weighted by atomic mass is 10.1. The van der Waals surface area contributed by atoms with Crippen molar-refractivity contribution >= 4 is 36.7 Å². The maximum Gasteiger partial charge on any atom is 0.295 e. The molecule has 112 valence electrons. The fourth-order valence-electron chi connectivity index (χ4n) is 1.78. The molecule has 2 aromatic rings. The SMILES string of the molecule is N#N.Nc1cc(S(=O)(=O)O)c2cccc(S(=O)(=O)O)c2c1. The van der Waals surface area contributed by atoms with Gasteiger partial charge in [-0.1, -0.05) is 12.1 Å². The summed E-state index contributed by atoms with van der Waals surface area (Å²) < 4.78 is 63.1. The largest absolute Gasteiger partial charge is 0.399 e. The minimum Gasteiger partial charge on any atom is -0.399 e. The molecule has 0 unspecified atom stereocenters. The van der Waals surface area contributed by atoms with E-state index in [0.29, 0.717) is 0 Å². The van der Waals surface area contributed by atoms with Gasteiger partial charge < -0.3 is 5.73 Å². The van der Waals surface area contributed by atoms with Crippen molar-refractivity contribution in [3.05, 3.63) is 30.3 Å². The molecule has 0 spiro atoms. The standard InChI is InChI=1S/C10H9NO6S2.N2/c11-6-4-8-7(10(5-6)19(15,16)17)2-1-3-9(8)18(12,13)14;1-2/h1-5H,11H2,(H,12,13,14)(H,15,16,17);. The first kappa shape index (κ1) is 16.8. The van der Waals surface area contributed by atoms with Crippen LogP contribution in [-0.4, -0.2) is 25.9 Å². The minimum atomic E-state index is -4.57. The molecule has 0 aliphatic heterocycles. The highest BCUT2D eigenvalue weighted by Crippen LogP contribution is 2.30. The molecule has 0 saturated heterocycles. The summed E-state index contributed by atoms with van der Waals surface area (Å²) in [7, 11) is -9.11. The average molecular weight is 331 g/mol. The van der Waals surface area contributed by atoms with Gasteiger partial charge in [-0.25, -0.2) is 0 Å². The Morgan fingerprint density at radius 3 is 1.86 bits per heavy atom. The van der Waals surface area contributed by atoms with Crippen LogP contribution in [0.4, 0.5) is 5.69 Å². The van der Waals surface area contributed by atoms with E-state index in [4.69, 9.17) is 25.6 Å². The normalized spacial score (nSPS) is 11.6. The molecule has 0 atom stereocenters. The topological polar surface area (TPSA) is 182 Å². The quantitative estimate of drug-likeness (QED) is 0.409. The van der Waals surface area contributed by atoms with Crippen LogP contribution in [0, 0.1) is 10.8 Å². The fraction of sp³-hybridized carbons (Fsp3) is 0. The highest BCUT2D eigenvalue weighted by molar-refractivity contribution is 7.86. The zero-order chi connectivity index (χ0) is 16.4. The second-order valence-corrected chi connectivity index (χ2v) is 6.60. The fourth-order valence-corrected chi connectivity index (χ4v) is 3.22. The van der Waals surface area contributed by atoms with Gasteiger partial charge in [-0.15, -0.1) is 0 Å². The molecule has 2 rings (SSSR count). The Balaban J connectivity index is 0.00000106. The molecule has 0 heterocycles. The van der Waals surface area contributed by atoms with E-state index < -0.39 is 30.0 Å². The van der Waals surface area contributed by atoms with Crippen LogP contribution in [0.3, 0.4) is 0 Å². The van der Waals surface area contributed by atoms with Crippen molar-refractivity contribution in [3.63, 3.8) is 0 Å². The third-order valence-corrected chi connectivity index (χ3v) is 4.30. The van der Waals surface area contributed by atoms with Crippen molar-refractivity contribution in [2.75, 3.05) is 5.73 Å². The molecule has 0 radical (unpaired) electrons. The van der Waals surface area contributed by atoms with Crippen molar-refractivity contribution in [1.29, 1.82) is 10.8 Å². The van der Waals surface area contributed by atoms with E-state index in [0.717, 1.165) is 12.1 Å². The molecule has 21 heavy (non-hydrogen) atoms. The number of anilines is 1. The summed E-state index contributed by atoms with van der Waals surface area (Å²) >= 11 is 0. The lowest BCUT2D eigenvalue weighted by Gasteiger charge is -2.08. The van der Waals surface area contributed by atoms with Gasteiger partial charge in [-0.05, 0) is 18.2 Å². The number of nitrogens with zero attached hydrogens (tertiary/aromatic N) is 2. The summed E-state index contributed by atoms with van der Waals surface area (Å²) in [5.74, 6) is 0. The number of nitrogens with two attached hydrogens (primary N) is 1. The average Bonchev–Trinajstić information content (AvgIpc) is 2.37. The lowest BCUT2D eigenvalue weighted by molar-refractivity contribution is 0.481. The first-order valence-electron chi connectivity index (χ1n) is 5.08. The maximum absolute atomic E-state index is 11.2. The van der Waals surface area contributed by atoms with Crippen LogP contribution in [-0.2, 0) is 20.2 Å². The Kier molecular flexibility index (Phi) is 4.49. The van der Waals surface area contributed by atoms with Crippen LogP contribution in [0.15, 0.2) is 40.1 Å². The molecule has 11 heteroatoms. The van der Waals surface area contributed by atoms with Gasteiger partial charge in [0.2, 0.25) is 0 Å². The molecule has 0 amide bonds. The molecule has 0 aliphatic rings. The number of hydrogen-bond acceptors (Lipinski definition) is 7. The van der Waals surface area contributed by atoms with Crippen molar-refractivity contribution in [1.82, 2.24) is 0 Å². The summed E-state index contributed by atoms with van der Waals surface area (Å²) in [6.07, 6.45) is 0. The van der Waals surface area contributed by atoms with Crippen LogP contribution in [0.1, 0.15) is 0 Å². The predicted molar refractivity (Wildman–Crippen MR) is 71.4 cm³/mol. The Morgan fingerprint density at radius 2 is 1.38 bits per heavy atom. The third kappa shape index (κ3) is 3.44. The maximum atomic E-state index is 11.2. The van der Waals surface area contributed by atoms with Crippen molar-refractivity contribution in [2.45, 2.75) is 9.79 Å². The smallest absolute Gasteiger partial charge is 0.295 e. The van der Waals surface area contributed by atoms with Gasteiger partial charge >= 0.3 is 0 Å². The molecule has 0 saturated carbocycles. The summed E-state index contributed by atoms with van der Waals surface area (Å²) in [6.45, 7) is 0. The van der Waals surface area contributed by atoms with E-state index in [9.17, 15) is 16.8 Å². The summed E-state index contributed by atoms with van der Waals surface area (Å²) in [6, 6.07) is 5.85. The van der Waals surface area contributed by atoms with Gasteiger partial charge in [0.25, 0.3) is 20.2 Å². The van der Waals surface area contributed by atoms with Gasteiger partial charge in [0.1, 0.15) is 9.79 Å². The van der Waals surface area contributed by atoms with Gasteiger partial charge in [-0.2, -0.15) is 16.8 Å².